The van der Waals surface area contributed by atoms with Gasteiger partial charge in [0.1, 0.15) is 11.2 Å². The summed E-state index contributed by atoms with van der Waals surface area (Å²) in [6.45, 7) is 3.45. The Morgan fingerprint density at radius 2 is 1.57 bits per heavy atom. The van der Waals surface area contributed by atoms with Crippen molar-refractivity contribution < 1.29 is 14.0 Å². The number of halogens is 1. The second-order valence-corrected chi connectivity index (χ2v) is 5.75. The van der Waals surface area contributed by atoms with Crippen LogP contribution in [0.3, 0.4) is 0 Å². The monoisotopic (exact) mass is 314 g/mol. The predicted octanol–water partition coefficient (Wildman–Crippen LogP) is 3.11. The zero-order valence-electron chi connectivity index (χ0n) is 13.1. The molecule has 2 N–H and O–H groups in total. The standard InChI is InChI=1S/C18H19FN2O2/c1-18(2,16(22)20-12-13-6-4-3-5-7-13)17(23)21-15-10-8-14(19)9-11-15/h3-11H,12H2,1-2H3,(H,20,22)(H,21,23). The first-order chi connectivity index (χ1) is 10.9. The van der Waals surface area contributed by atoms with Crippen LogP contribution in [0.2, 0.25) is 0 Å². The number of rotatable bonds is 5. The number of carbonyl (C=O) groups is 2. The molecule has 2 rings (SSSR count). The van der Waals surface area contributed by atoms with Crippen molar-refractivity contribution in [1.82, 2.24) is 5.32 Å². The van der Waals surface area contributed by atoms with Crippen LogP contribution in [0.25, 0.3) is 0 Å². The van der Waals surface area contributed by atoms with Gasteiger partial charge in [-0.05, 0) is 43.7 Å². The number of hydrogen-bond acceptors (Lipinski definition) is 2. The predicted molar refractivity (Wildman–Crippen MR) is 87.1 cm³/mol. The topological polar surface area (TPSA) is 58.2 Å². The largest absolute Gasteiger partial charge is 0.351 e. The van der Waals surface area contributed by atoms with Gasteiger partial charge in [-0.15, -0.1) is 0 Å². The van der Waals surface area contributed by atoms with E-state index < -0.39 is 11.3 Å². The fourth-order valence-electron chi connectivity index (χ4n) is 1.92. The summed E-state index contributed by atoms with van der Waals surface area (Å²) in [5.41, 5.74) is 0.152. The molecule has 0 spiro atoms. The number of carbonyl (C=O) groups excluding carboxylic acids is 2. The minimum Gasteiger partial charge on any atom is -0.351 e. The third-order valence-electron chi connectivity index (χ3n) is 3.53. The highest BCUT2D eigenvalue weighted by Crippen LogP contribution is 2.19. The van der Waals surface area contributed by atoms with Gasteiger partial charge in [-0.2, -0.15) is 0 Å². The van der Waals surface area contributed by atoms with Crippen molar-refractivity contribution in [3.8, 4) is 0 Å². The fraction of sp³-hybridized carbons (Fsp3) is 0.222. The highest BCUT2D eigenvalue weighted by Gasteiger charge is 2.35. The SMILES string of the molecule is CC(C)(C(=O)NCc1ccccc1)C(=O)Nc1ccc(F)cc1. The summed E-state index contributed by atoms with van der Waals surface area (Å²) in [5, 5.41) is 5.38. The van der Waals surface area contributed by atoms with E-state index in [4.69, 9.17) is 0 Å². The number of amides is 2. The Labute approximate surface area is 134 Å². The average Bonchev–Trinajstić information content (AvgIpc) is 2.55. The highest BCUT2D eigenvalue weighted by molar-refractivity contribution is 6.09. The highest BCUT2D eigenvalue weighted by atomic mass is 19.1. The summed E-state index contributed by atoms with van der Waals surface area (Å²) in [6.07, 6.45) is 0. The van der Waals surface area contributed by atoms with Gasteiger partial charge in [-0.25, -0.2) is 4.39 Å². The third-order valence-corrected chi connectivity index (χ3v) is 3.53. The van der Waals surface area contributed by atoms with Gasteiger partial charge in [-0.1, -0.05) is 30.3 Å². The van der Waals surface area contributed by atoms with Crippen molar-refractivity contribution in [2.24, 2.45) is 5.41 Å². The van der Waals surface area contributed by atoms with Crippen molar-refractivity contribution >= 4 is 17.5 Å². The molecule has 0 saturated heterocycles. The molecule has 0 atom stereocenters. The average molecular weight is 314 g/mol. The molecular weight excluding hydrogens is 295 g/mol. The zero-order chi connectivity index (χ0) is 16.9. The zero-order valence-corrected chi connectivity index (χ0v) is 13.1. The maximum atomic E-state index is 12.9. The van der Waals surface area contributed by atoms with E-state index >= 15 is 0 Å². The van der Waals surface area contributed by atoms with Gasteiger partial charge in [-0.3, -0.25) is 9.59 Å². The Morgan fingerprint density at radius 1 is 0.957 bits per heavy atom. The summed E-state index contributed by atoms with van der Waals surface area (Å²) in [6, 6.07) is 14.8. The molecule has 0 aromatic heterocycles. The Hall–Kier alpha value is -2.69. The number of hydrogen-bond donors (Lipinski definition) is 2. The van der Waals surface area contributed by atoms with Gasteiger partial charge in [0.25, 0.3) is 0 Å². The number of nitrogens with one attached hydrogen (secondary N) is 2. The van der Waals surface area contributed by atoms with Crippen LogP contribution in [0.4, 0.5) is 10.1 Å². The summed E-state index contributed by atoms with van der Waals surface area (Å²) in [7, 11) is 0. The maximum Gasteiger partial charge on any atom is 0.239 e. The van der Waals surface area contributed by atoms with E-state index in [0.29, 0.717) is 12.2 Å². The molecule has 0 heterocycles. The van der Waals surface area contributed by atoms with Gasteiger partial charge < -0.3 is 10.6 Å². The van der Waals surface area contributed by atoms with Crippen molar-refractivity contribution in [3.63, 3.8) is 0 Å². The molecule has 0 unspecified atom stereocenters. The molecule has 5 heteroatoms. The van der Waals surface area contributed by atoms with Crippen LogP contribution in [0, 0.1) is 11.2 Å². The molecule has 0 aliphatic rings. The third kappa shape index (κ3) is 4.39. The molecular formula is C18H19FN2O2. The first-order valence-corrected chi connectivity index (χ1v) is 7.29. The first-order valence-electron chi connectivity index (χ1n) is 7.29. The summed E-state index contributed by atoms with van der Waals surface area (Å²) >= 11 is 0. The lowest BCUT2D eigenvalue weighted by molar-refractivity contribution is -0.138. The van der Waals surface area contributed by atoms with Crippen LogP contribution in [0.1, 0.15) is 19.4 Å². The van der Waals surface area contributed by atoms with Crippen molar-refractivity contribution in [2.45, 2.75) is 20.4 Å². The van der Waals surface area contributed by atoms with Crippen LogP contribution in [0.15, 0.2) is 54.6 Å². The van der Waals surface area contributed by atoms with Gasteiger partial charge in [0.2, 0.25) is 11.8 Å². The molecule has 23 heavy (non-hydrogen) atoms. The van der Waals surface area contributed by atoms with E-state index in [1.807, 2.05) is 30.3 Å². The van der Waals surface area contributed by atoms with Crippen LogP contribution < -0.4 is 10.6 Å². The Kier molecular flexibility index (Phi) is 5.11. The molecule has 0 bridgehead atoms. The Bertz CT molecular complexity index is 682. The first kappa shape index (κ1) is 16.7. The summed E-state index contributed by atoms with van der Waals surface area (Å²) < 4.78 is 12.9. The smallest absolute Gasteiger partial charge is 0.239 e. The van der Waals surface area contributed by atoms with Crippen molar-refractivity contribution in [3.05, 3.63) is 66.0 Å². The minimum atomic E-state index is -1.25. The molecule has 2 amide bonds. The van der Waals surface area contributed by atoms with E-state index in [1.165, 1.54) is 24.3 Å². The van der Waals surface area contributed by atoms with E-state index in [-0.39, 0.29) is 11.7 Å². The van der Waals surface area contributed by atoms with Gasteiger partial charge >= 0.3 is 0 Å². The van der Waals surface area contributed by atoms with Crippen molar-refractivity contribution in [1.29, 1.82) is 0 Å². The molecule has 0 aliphatic carbocycles. The molecule has 0 radical (unpaired) electrons. The second-order valence-electron chi connectivity index (χ2n) is 5.75. The van der Waals surface area contributed by atoms with E-state index in [0.717, 1.165) is 5.56 Å². The molecule has 2 aromatic rings. The lowest BCUT2D eigenvalue weighted by Gasteiger charge is -2.22. The van der Waals surface area contributed by atoms with Gasteiger partial charge in [0.15, 0.2) is 0 Å². The van der Waals surface area contributed by atoms with Crippen molar-refractivity contribution in [2.75, 3.05) is 5.32 Å². The second kappa shape index (κ2) is 7.05. The molecule has 2 aromatic carbocycles. The van der Waals surface area contributed by atoms with Gasteiger partial charge in [0, 0.05) is 12.2 Å². The molecule has 0 aliphatic heterocycles. The lowest BCUT2D eigenvalue weighted by Crippen LogP contribution is -2.44. The Morgan fingerprint density at radius 3 is 2.17 bits per heavy atom. The quantitative estimate of drug-likeness (QED) is 0.833. The molecule has 0 saturated carbocycles. The van der Waals surface area contributed by atoms with Crippen LogP contribution in [0.5, 0.6) is 0 Å². The molecule has 4 nitrogen and oxygen atoms in total. The Balaban J connectivity index is 1.97. The normalized spacial score (nSPS) is 10.9. The summed E-state index contributed by atoms with van der Waals surface area (Å²) in [4.78, 5) is 24.6. The summed E-state index contributed by atoms with van der Waals surface area (Å²) in [5.74, 6) is -1.21. The van der Waals surface area contributed by atoms with Crippen LogP contribution in [-0.2, 0) is 16.1 Å². The van der Waals surface area contributed by atoms with Gasteiger partial charge in [0.05, 0.1) is 0 Å². The van der Waals surface area contributed by atoms with Crippen LogP contribution in [-0.4, -0.2) is 11.8 Å². The number of benzene rings is 2. The van der Waals surface area contributed by atoms with E-state index in [1.54, 1.807) is 13.8 Å². The number of anilines is 1. The van der Waals surface area contributed by atoms with Crippen LogP contribution >= 0.6 is 0 Å². The van der Waals surface area contributed by atoms with E-state index in [2.05, 4.69) is 10.6 Å². The molecule has 120 valence electrons. The molecule has 0 fully saturated rings. The van der Waals surface area contributed by atoms with E-state index in [9.17, 15) is 14.0 Å². The minimum absolute atomic E-state index is 0.354. The maximum absolute atomic E-state index is 12.9. The fourth-order valence-corrected chi connectivity index (χ4v) is 1.92. The lowest BCUT2D eigenvalue weighted by atomic mass is 9.91.